The van der Waals surface area contributed by atoms with Crippen LogP contribution in [-0.4, -0.2) is 31.4 Å². The minimum absolute atomic E-state index is 0.180. The molecule has 5 rings (SSSR count). The van der Waals surface area contributed by atoms with Gasteiger partial charge in [-0.25, -0.2) is 14.4 Å². The molecule has 3 heterocycles. The summed E-state index contributed by atoms with van der Waals surface area (Å²) in [5.74, 6) is 0.521. The van der Waals surface area contributed by atoms with Gasteiger partial charge in [0.15, 0.2) is 0 Å². The number of benzene rings is 2. The second-order valence-electron chi connectivity index (χ2n) is 7.60. The highest BCUT2D eigenvalue weighted by Gasteiger charge is 2.34. The van der Waals surface area contributed by atoms with Crippen LogP contribution in [0.2, 0.25) is 0 Å². The van der Waals surface area contributed by atoms with E-state index in [1.54, 1.807) is 22.9 Å². The summed E-state index contributed by atoms with van der Waals surface area (Å²) in [7, 11) is 0. The fourth-order valence-electron chi connectivity index (χ4n) is 3.90. The van der Waals surface area contributed by atoms with E-state index in [0.29, 0.717) is 23.0 Å². The molecule has 0 bridgehead atoms. The number of nitrogens with zero attached hydrogens (tertiary/aromatic N) is 4. The lowest BCUT2D eigenvalue weighted by atomic mass is 9.99. The first-order chi connectivity index (χ1) is 15.5. The van der Waals surface area contributed by atoms with Gasteiger partial charge in [-0.3, -0.25) is 4.79 Å². The number of hydrogen-bond acceptors (Lipinski definition) is 5. The zero-order valence-electron chi connectivity index (χ0n) is 17.5. The van der Waals surface area contributed by atoms with Crippen LogP contribution in [0.5, 0.6) is 0 Å². The average Bonchev–Trinajstić information content (AvgIpc) is 3.05. The monoisotopic (exact) mass is 445 g/mol. The van der Waals surface area contributed by atoms with Crippen LogP contribution >= 0.6 is 11.8 Å². The number of thioether (sulfide) groups is 1. The van der Waals surface area contributed by atoms with Crippen LogP contribution in [0.15, 0.2) is 60.7 Å². The Morgan fingerprint density at radius 3 is 2.44 bits per heavy atom. The number of hydrogen-bond donors (Lipinski definition) is 1. The lowest BCUT2D eigenvalue weighted by Gasteiger charge is -2.17. The van der Waals surface area contributed by atoms with Gasteiger partial charge in [-0.05, 0) is 26.0 Å². The summed E-state index contributed by atoms with van der Waals surface area (Å²) in [6.07, 6.45) is 0. The van der Waals surface area contributed by atoms with E-state index in [9.17, 15) is 9.18 Å². The molecular weight excluding hydrogens is 425 g/mol. The lowest BCUT2D eigenvalue weighted by molar-refractivity contribution is -0.113. The third kappa shape index (κ3) is 3.67. The van der Waals surface area contributed by atoms with Crippen molar-refractivity contribution in [3.8, 4) is 17.2 Å². The van der Waals surface area contributed by atoms with Gasteiger partial charge in [0.05, 0.1) is 16.7 Å². The van der Waals surface area contributed by atoms with Crippen LogP contribution < -0.4 is 5.32 Å². The zero-order chi connectivity index (χ0) is 22.2. The van der Waals surface area contributed by atoms with Crippen molar-refractivity contribution in [1.82, 2.24) is 19.7 Å². The van der Waals surface area contributed by atoms with Crippen molar-refractivity contribution < 1.29 is 9.18 Å². The Kier molecular flexibility index (Phi) is 5.22. The van der Waals surface area contributed by atoms with Crippen molar-refractivity contribution in [3.63, 3.8) is 0 Å². The van der Waals surface area contributed by atoms with E-state index in [4.69, 9.17) is 5.10 Å². The van der Waals surface area contributed by atoms with Crippen LogP contribution in [0.3, 0.4) is 0 Å². The minimum Gasteiger partial charge on any atom is -0.309 e. The number of carbonyl (C=O) groups is 1. The van der Waals surface area contributed by atoms with Gasteiger partial charge < -0.3 is 5.32 Å². The van der Waals surface area contributed by atoms with Gasteiger partial charge >= 0.3 is 0 Å². The van der Waals surface area contributed by atoms with Crippen LogP contribution in [0.1, 0.15) is 27.8 Å². The van der Waals surface area contributed by atoms with Crippen molar-refractivity contribution in [2.24, 2.45) is 0 Å². The largest absolute Gasteiger partial charge is 0.309 e. The van der Waals surface area contributed by atoms with Crippen LogP contribution in [0.25, 0.3) is 17.2 Å². The van der Waals surface area contributed by atoms with Crippen molar-refractivity contribution in [1.29, 1.82) is 0 Å². The van der Waals surface area contributed by atoms with Gasteiger partial charge in [-0.15, -0.1) is 11.8 Å². The topological polar surface area (TPSA) is 72.7 Å². The molecule has 4 aromatic rings. The number of aromatic nitrogens is 4. The Hall–Kier alpha value is -3.52. The Balaban J connectivity index is 1.82. The standard InChI is InChI=1S/C24H20FN5OS/c1-14-12-15(2)27-24(26-14)30-23-20(21(29-30)16-8-4-3-5-9-16)22(32-13-19(31)28-23)17-10-6-7-11-18(17)25/h3-12,22H,13H2,1-2H3,(H,28,31)/t22-/m0/s1. The highest BCUT2D eigenvalue weighted by Crippen LogP contribution is 2.47. The maximum atomic E-state index is 14.9. The number of carbonyl (C=O) groups excluding carboxylic acids is 1. The first-order valence-corrected chi connectivity index (χ1v) is 11.2. The summed E-state index contributed by atoms with van der Waals surface area (Å²) >= 11 is 1.38. The summed E-state index contributed by atoms with van der Waals surface area (Å²) in [5.41, 5.74) is 4.35. The molecule has 0 radical (unpaired) electrons. The maximum Gasteiger partial charge on any atom is 0.252 e. The van der Waals surface area contributed by atoms with Gasteiger partial charge in [0, 0.05) is 28.1 Å². The molecule has 1 aliphatic rings. The molecule has 2 aromatic heterocycles. The molecule has 1 N–H and O–H groups in total. The molecule has 1 amide bonds. The van der Waals surface area contributed by atoms with Gasteiger partial charge in [0.25, 0.3) is 5.95 Å². The first kappa shape index (κ1) is 20.4. The molecule has 0 fully saturated rings. The number of nitrogens with one attached hydrogen (secondary N) is 1. The second-order valence-corrected chi connectivity index (χ2v) is 8.69. The van der Waals surface area contributed by atoms with E-state index in [0.717, 1.165) is 22.5 Å². The average molecular weight is 446 g/mol. The lowest BCUT2D eigenvalue weighted by Crippen LogP contribution is -2.17. The zero-order valence-corrected chi connectivity index (χ0v) is 18.4. The van der Waals surface area contributed by atoms with Crippen LogP contribution in [0.4, 0.5) is 10.2 Å². The van der Waals surface area contributed by atoms with Gasteiger partial charge in [0.1, 0.15) is 11.6 Å². The molecule has 1 atom stereocenters. The predicted octanol–water partition coefficient (Wildman–Crippen LogP) is 4.86. The van der Waals surface area contributed by atoms with E-state index in [2.05, 4.69) is 15.3 Å². The normalized spacial score (nSPS) is 15.7. The number of aryl methyl sites for hydroxylation is 2. The highest BCUT2D eigenvalue weighted by atomic mass is 32.2. The van der Waals surface area contributed by atoms with Crippen LogP contribution in [-0.2, 0) is 4.79 Å². The van der Waals surface area contributed by atoms with E-state index in [1.807, 2.05) is 50.2 Å². The summed E-state index contributed by atoms with van der Waals surface area (Å²) in [5, 5.41) is 7.38. The van der Waals surface area contributed by atoms with Gasteiger partial charge in [-0.2, -0.15) is 9.78 Å². The fraction of sp³-hybridized carbons (Fsp3) is 0.167. The molecular formula is C24H20FN5OS. The molecule has 160 valence electrons. The number of amides is 1. The SMILES string of the molecule is Cc1cc(C)nc(-n2nc(-c3ccccc3)c3c2NC(=O)CS[C@H]3c2ccccc2F)n1. The predicted molar refractivity (Wildman–Crippen MR) is 123 cm³/mol. The second kappa shape index (κ2) is 8.20. The van der Waals surface area contributed by atoms with E-state index in [1.165, 1.54) is 17.8 Å². The molecule has 1 aliphatic heterocycles. The number of anilines is 1. The Morgan fingerprint density at radius 1 is 1.03 bits per heavy atom. The first-order valence-electron chi connectivity index (χ1n) is 10.2. The molecule has 0 aliphatic carbocycles. The molecule has 8 heteroatoms. The van der Waals surface area contributed by atoms with Crippen molar-refractivity contribution in [3.05, 3.63) is 89.0 Å². The Morgan fingerprint density at radius 2 is 1.72 bits per heavy atom. The third-order valence-corrected chi connectivity index (χ3v) is 6.47. The Labute approximate surface area is 188 Å². The van der Waals surface area contributed by atoms with Crippen molar-refractivity contribution >= 4 is 23.5 Å². The molecule has 0 saturated carbocycles. The quantitative estimate of drug-likeness (QED) is 0.488. The smallest absolute Gasteiger partial charge is 0.252 e. The molecule has 2 aromatic carbocycles. The van der Waals surface area contributed by atoms with Crippen molar-refractivity contribution in [2.45, 2.75) is 19.1 Å². The molecule has 0 spiro atoms. The highest BCUT2D eigenvalue weighted by molar-refractivity contribution is 8.00. The number of rotatable bonds is 3. The summed E-state index contributed by atoms with van der Waals surface area (Å²) in [4.78, 5) is 21.8. The number of fused-ring (bicyclic) bond motifs is 1. The van der Waals surface area contributed by atoms with E-state index >= 15 is 0 Å². The Bertz CT molecular complexity index is 1300. The summed E-state index contributed by atoms with van der Waals surface area (Å²) in [6, 6.07) is 18.2. The molecule has 6 nitrogen and oxygen atoms in total. The molecule has 32 heavy (non-hydrogen) atoms. The third-order valence-electron chi connectivity index (χ3n) is 5.22. The maximum absolute atomic E-state index is 14.9. The van der Waals surface area contributed by atoms with Gasteiger partial charge in [0.2, 0.25) is 5.91 Å². The fourth-order valence-corrected chi connectivity index (χ4v) is 5.05. The van der Waals surface area contributed by atoms with Crippen LogP contribution in [0, 0.1) is 19.7 Å². The molecule has 0 unspecified atom stereocenters. The summed E-state index contributed by atoms with van der Waals surface area (Å²) in [6.45, 7) is 3.77. The molecule has 0 saturated heterocycles. The van der Waals surface area contributed by atoms with E-state index < -0.39 is 5.25 Å². The van der Waals surface area contributed by atoms with Gasteiger partial charge in [-0.1, -0.05) is 48.5 Å². The van der Waals surface area contributed by atoms with E-state index in [-0.39, 0.29) is 17.5 Å². The van der Waals surface area contributed by atoms with Crippen molar-refractivity contribution in [2.75, 3.05) is 11.1 Å². The minimum atomic E-state index is -0.431. The summed E-state index contributed by atoms with van der Waals surface area (Å²) < 4.78 is 16.5. The number of halogens is 1.